The van der Waals surface area contributed by atoms with E-state index in [1.165, 1.54) is 5.56 Å². The fourth-order valence-corrected chi connectivity index (χ4v) is 2.86. The minimum atomic E-state index is 0.0506. The lowest BCUT2D eigenvalue weighted by atomic mass is 10.1. The summed E-state index contributed by atoms with van der Waals surface area (Å²) in [5, 5.41) is 0. The molecule has 22 heavy (non-hydrogen) atoms. The highest BCUT2D eigenvalue weighted by molar-refractivity contribution is 6.10. The lowest BCUT2D eigenvalue weighted by Crippen LogP contribution is -2.23. The Morgan fingerprint density at radius 3 is 2.59 bits per heavy atom. The third-order valence-corrected chi connectivity index (χ3v) is 4.02. The number of carbonyl (C=O) groups excluding carboxylic acids is 1. The summed E-state index contributed by atoms with van der Waals surface area (Å²) in [6, 6.07) is 11.9. The maximum atomic E-state index is 12.6. The van der Waals surface area contributed by atoms with Crippen LogP contribution < -0.4 is 14.5 Å². The Kier molecular flexibility index (Phi) is 3.53. The average Bonchev–Trinajstić information content (AvgIpc) is 2.82. The van der Waals surface area contributed by atoms with Gasteiger partial charge in [0.05, 0.1) is 19.3 Å². The summed E-state index contributed by atoms with van der Waals surface area (Å²) >= 11 is 0. The Morgan fingerprint density at radius 2 is 1.91 bits per heavy atom. The number of hydrogen-bond acceptors (Lipinski definition) is 3. The molecule has 0 saturated carbocycles. The van der Waals surface area contributed by atoms with Gasteiger partial charge in [-0.25, -0.2) is 0 Å². The molecule has 1 aliphatic heterocycles. The second-order valence-electron chi connectivity index (χ2n) is 5.80. The van der Waals surface area contributed by atoms with E-state index >= 15 is 0 Å². The first-order valence-electron chi connectivity index (χ1n) is 7.28. The molecule has 1 aliphatic rings. The van der Waals surface area contributed by atoms with Gasteiger partial charge in [-0.2, -0.15) is 0 Å². The van der Waals surface area contributed by atoms with E-state index in [9.17, 15) is 4.79 Å². The molecule has 0 fully saturated rings. The van der Waals surface area contributed by atoms with Gasteiger partial charge in [0.25, 0.3) is 5.91 Å². The van der Waals surface area contributed by atoms with Crippen LogP contribution in [0.1, 0.15) is 21.5 Å². The Morgan fingerprint density at radius 1 is 1.14 bits per heavy atom. The quantitative estimate of drug-likeness (QED) is 0.872. The molecule has 1 amide bonds. The number of nitrogens with zero attached hydrogens (tertiary/aromatic N) is 2. The minimum Gasteiger partial charge on any atom is -0.495 e. The van der Waals surface area contributed by atoms with Gasteiger partial charge in [-0.1, -0.05) is 17.7 Å². The van der Waals surface area contributed by atoms with Crippen LogP contribution in [0.15, 0.2) is 36.4 Å². The van der Waals surface area contributed by atoms with E-state index in [0.717, 1.165) is 28.3 Å². The van der Waals surface area contributed by atoms with E-state index in [2.05, 4.69) is 6.07 Å². The average molecular weight is 296 g/mol. The summed E-state index contributed by atoms with van der Waals surface area (Å²) < 4.78 is 5.46. The molecule has 0 N–H and O–H groups in total. The summed E-state index contributed by atoms with van der Waals surface area (Å²) in [5.41, 5.74) is 4.91. The number of methoxy groups -OCH3 is 1. The summed E-state index contributed by atoms with van der Waals surface area (Å²) in [4.78, 5) is 16.4. The van der Waals surface area contributed by atoms with Crippen molar-refractivity contribution in [3.8, 4) is 5.75 Å². The Balaban J connectivity index is 1.98. The van der Waals surface area contributed by atoms with Crippen LogP contribution in [0.3, 0.4) is 0 Å². The zero-order chi connectivity index (χ0) is 15.9. The molecule has 3 rings (SSSR count). The topological polar surface area (TPSA) is 32.8 Å². The van der Waals surface area contributed by atoms with Gasteiger partial charge < -0.3 is 14.5 Å². The van der Waals surface area contributed by atoms with Crippen molar-refractivity contribution in [2.45, 2.75) is 13.5 Å². The smallest absolute Gasteiger partial charge is 0.258 e. The molecule has 0 aliphatic carbocycles. The Hall–Kier alpha value is -2.49. The van der Waals surface area contributed by atoms with E-state index in [1.807, 2.05) is 56.3 Å². The van der Waals surface area contributed by atoms with Crippen LogP contribution in [0.5, 0.6) is 5.75 Å². The molecule has 114 valence electrons. The van der Waals surface area contributed by atoms with E-state index < -0.39 is 0 Å². The largest absolute Gasteiger partial charge is 0.495 e. The molecule has 0 unspecified atom stereocenters. The summed E-state index contributed by atoms with van der Waals surface area (Å²) in [6.07, 6.45) is 0. The van der Waals surface area contributed by atoms with Crippen molar-refractivity contribution in [3.63, 3.8) is 0 Å². The zero-order valence-corrected chi connectivity index (χ0v) is 13.4. The number of hydrogen-bond donors (Lipinski definition) is 0. The summed E-state index contributed by atoms with van der Waals surface area (Å²) in [7, 11) is 5.59. The van der Waals surface area contributed by atoms with E-state index in [0.29, 0.717) is 6.54 Å². The van der Waals surface area contributed by atoms with Crippen molar-refractivity contribution in [2.24, 2.45) is 0 Å². The molecule has 0 bridgehead atoms. The van der Waals surface area contributed by atoms with Gasteiger partial charge >= 0.3 is 0 Å². The fraction of sp³-hybridized carbons (Fsp3) is 0.278. The van der Waals surface area contributed by atoms with Gasteiger partial charge in [-0.05, 0) is 30.7 Å². The molecular weight excluding hydrogens is 276 g/mol. The van der Waals surface area contributed by atoms with Crippen molar-refractivity contribution in [2.75, 3.05) is 31.0 Å². The Bertz CT molecular complexity index is 738. The van der Waals surface area contributed by atoms with E-state index in [1.54, 1.807) is 12.0 Å². The van der Waals surface area contributed by atoms with Gasteiger partial charge in [0.15, 0.2) is 0 Å². The number of fused-ring (bicyclic) bond motifs is 1. The molecule has 2 aromatic rings. The number of amides is 1. The van der Waals surface area contributed by atoms with Gasteiger partial charge in [0, 0.05) is 31.4 Å². The molecule has 4 nitrogen and oxygen atoms in total. The fourth-order valence-electron chi connectivity index (χ4n) is 2.86. The monoisotopic (exact) mass is 296 g/mol. The van der Waals surface area contributed by atoms with Crippen LogP contribution >= 0.6 is 0 Å². The molecule has 1 heterocycles. The molecule has 0 saturated heterocycles. The van der Waals surface area contributed by atoms with E-state index in [-0.39, 0.29) is 5.91 Å². The second-order valence-corrected chi connectivity index (χ2v) is 5.80. The second kappa shape index (κ2) is 5.37. The van der Waals surface area contributed by atoms with E-state index in [4.69, 9.17) is 4.74 Å². The number of anilines is 2. The molecule has 0 aromatic heterocycles. The third kappa shape index (κ3) is 2.30. The highest BCUT2D eigenvalue weighted by Crippen LogP contribution is 2.35. The number of ether oxygens (including phenoxy) is 1. The molecule has 4 heteroatoms. The summed E-state index contributed by atoms with van der Waals surface area (Å²) in [6.45, 7) is 2.66. The van der Waals surface area contributed by atoms with Crippen LogP contribution in [0.4, 0.5) is 11.4 Å². The highest BCUT2D eigenvalue weighted by Gasteiger charge is 2.28. The lowest BCUT2D eigenvalue weighted by molar-refractivity contribution is 0.0996. The number of aryl methyl sites for hydroxylation is 1. The maximum Gasteiger partial charge on any atom is 0.258 e. The Labute approximate surface area is 130 Å². The molecule has 2 aromatic carbocycles. The third-order valence-electron chi connectivity index (χ3n) is 4.02. The number of rotatable bonds is 3. The first kappa shape index (κ1) is 14.4. The van der Waals surface area contributed by atoms with Crippen LogP contribution in [-0.4, -0.2) is 27.1 Å². The molecule has 0 atom stereocenters. The van der Waals surface area contributed by atoms with Crippen LogP contribution in [0.2, 0.25) is 0 Å². The predicted molar refractivity (Wildman–Crippen MR) is 89.0 cm³/mol. The van der Waals surface area contributed by atoms with Crippen molar-refractivity contribution in [1.29, 1.82) is 0 Å². The standard InChI is InChI=1S/C18H20N2O2/c1-12-5-7-15-13(9-12)11-20(18(15)21)14-6-8-16(19(2)3)17(10-14)22-4/h5-10H,11H2,1-4H3. The number of carbonyl (C=O) groups is 1. The van der Waals surface area contributed by atoms with Gasteiger partial charge in [-0.15, -0.1) is 0 Å². The minimum absolute atomic E-state index is 0.0506. The molecular formula is C18H20N2O2. The van der Waals surface area contributed by atoms with Gasteiger partial charge in [-0.3, -0.25) is 4.79 Å². The first-order chi connectivity index (χ1) is 10.5. The lowest BCUT2D eigenvalue weighted by Gasteiger charge is -2.21. The zero-order valence-electron chi connectivity index (χ0n) is 13.4. The van der Waals surface area contributed by atoms with Gasteiger partial charge in [0.1, 0.15) is 5.75 Å². The number of benzene rings is 2. The van der Waals surface area contributed by atoms with Crippen LogP contribution in [-0.2, 0) is 6.54 Å². The molecule has 0 radical (unpaired) electrons. The molecule has 0 spiro atoms. The first-order valence-corrected chi connectivity index (χ1v) is 7.28. The maximum absolute atomic E-state index is 12.6. The van der Waals surface area contributed by atoms with Crippen molar-refractivity contribution in [3.05, 3.63) is 53.1 Å². The van der Waals surface area contributed by atoms with Crippen molar-refractivity contribution in [1.82, 2.24) is 0 Å². The summed E-state index contributed by atoms with van der Waals surface area (Å²) in [5.74, 6) is 0.817. The SMILES string of the molecule is COc1cc(N2Cc3cc(C)ccc3C2=O)ccc1N(C)C. The van der Waals surface area contributed by atoms with Crippen LogP contribution in [0, 0.1) is 6.92 Å². The van der Waals surface area contributed by atoms with Crippen LogP contribution in [0.25, 0.3) is 0 Å². The van der Waals surface area contributed by atoms with Gasteiger partial charge in [0.2, 0.25) is 0 Å². The van der Waals surface area contributed by atoms with Crippen molar-refractivity contribution >= 4 is 17.3 Å². The normalized spacial score (nSPS) is 13.3. The van der Waals surface area contributed by atoms with Crippen molar-refractivity contribution < 1.29 is 9.53 Å². The highest BCUT2D eigenvalue weighted by atomic mass is 16.5. The predicted octanol–water partition coefficient (Wildman–Crippen LogP) is 3.23.